The van der Waals surface area contributed by atoms with Gasteiger partial charge in [0.05, 0.1) is 0 Å². The molecule has 0 aliphatic heterocycles. The molecule has 2 aromatic rings. The molecule has 1 heterocycles. The number of ketones is 1. The summed E-state index contributed by atoms with van der Waals surface area (Å²) < 4.78 is 0. The van der Waals surface area contributed by atoms with E-state index in [-0.39, 0.29) is 5.78 Å². The van der Waals surface area contributed by atoms with Crippen molar-refractivity contribution in [3.63, 3.8) is 0 Å². The third kappa shape index (κ3) is 2.10. The molecule has 0 amide bonds. The molecule has 74 valence electrons. The van der Waals surface area contributed by atoms with Crippen molar-refractivity contribution in [3.05, 3.63) is 65.5 Å². The molecule has 0 N–H and O–H groups in total. The third-order valence-corrected chi connectivity index (χ3v) is 2.19. The van der Waals surface area contributed by atoms with E-state index in [1.807, 2.05) is 37.3 Å². The average molecular weight is 197 g/mol. The van der Waals surface area contributed by atoms with Crippen LogP contribution in [0.5, 0.6) is 0 Å². The fourth-order valence-electron chi connectivity index (χ4n) is 1.44. The first-order chi connectivity index (χ1) is 7.27. The maximum Gasteiger partial charge on any atom is 0.193 e. The second-order valence-electron chi connectivity index (χ2n) is 3.38. The first-order valence-electron chi connectivity index (χ1n) is 4.80. The summed E-state index contributed by atoms with van der Waals surface area (Å²) in [6.07, 6.45) is 1.66. The second kappa shape index (κ2) is 4.05. The maximum atomic E-state index is 12.0. The van der Waals surface area contributed by atoms with Gasteiger partial charge in [0.1, 0.15) is 0 Å². The Bertz CT molecular complexity index is 477. The summed E-state index contributed by atoms with van der Waals surface area (Å²) in [7, 11) is 0. The minimum atomic E-state index is 0.0427. The predicted octanol–water partition coefficient (Wildman–Crippen LogP) is 2.62. The summed E-state index contributed by atoms with van der Waals surface area (Å²) >= 11 is 0. The highest BCUT2D eigenvalue weighted by molar-refractivity contribution is 6.08. The minimum Gasteiger partial charge on any atom is -0.289 e. The Morgan fingerprint density at radius 2 is 1.80 bits per heavy atom. The van der Waals surface area contributed by atoms with Gasteiger partial charge in [-0.2, -0.15) is 0 Å². The Morgan fingerprint density at radius 3 is 2.47 bits per heavy atom. The predicted molar refractivity (Wildman–Crippen MR) is 58.8 cm³/mol. The zero-order valence-electron chi connectivity index (χ0n) is 8.47. The number of hydrogen-bond donors (Lipinski definition) is 0. The lowest BCUT2D eigenvalue weighted by Crippen LogP contribution is -2.01. The van der Waals surface area contributed by atoms with Gasteiger partial charge in [0.25, 0.3) is 0 Å². The number of carbonyl (C=O) groups excluding carboxylic acids is 1. The topological polar surface area (TPSA) is 30.0 Å². The molecule has 15 heavy (non-hydrogen) atoms. The summed E-state index contributed by atoms with van der Waals surface area (Å²) in [5, 5.41) is 0. The van der Waals surface area contributed by atoms with Gasteiger partial charge in [-0.25, -0.2) is 0 Å². The van der Waals surface area contributed by atoms with Crippen LogP contribution < -0.4 is 0 Å². The van der Waals surface area contributed by atoms with E-state index in [0.717, 1.165) is 5.69 Å². The van der Waals surface area contributed by atoms with Gasteiger partial charge >= 0.3 is 0 Å². The van der Waals surface area contributed by atoms with Crippen LogP contribution >= 0.6 is 0 Å². The summed E-state index contributed by atoms with van der Waals surface area (Å²) in [6.45, 7) is 1.88. The summed E-state index contributed by atoms with van der Waals surface area (Å²) in [6, 6.07) is 12.8. The van der Waals surface area contributed by atoms with E-state index in [4.69, 9.17) is 0 Å². The quantitative estimate of drug-likeness (QED) is 0.693. The molecule has 0 radical (unpaired) electrons. The maximum absolute atomic E-state index is 12.0. The fourth-order valence-corrected chi connectivity index (χ4v) is 1.44. The van der Waals surface area contributed by atoms with E-state index in [2.05, 4.69) is 4.98 Å². The van der Waals surface area contributed by atoms with Gasteiger partial charge in [0.15, 0.2) is 5.78 Å². The average Bonchev–Trinajstić information content (AvgIpc) is 2.29. The molecular weight excluding hydrogens is 186 g/mol. The van der Waals surface area contributed by atoms with E-state index in [1.54, 1.807) is 18.3 Å². The van der Waals surface area contributed by atoms with Crippen LogP contribution in [-0.2, 0) is 0 Å². The number of rotatable bonds is 2. The van der Waals surface area contributed by atoms with E-state index in [9.17, 15) is 4.79 Å². The standard InChI is InChI=1S/C13H11NO/c1-10-9-12(7-8-14-10)13(15)11-5-3-2-4-6-11/h2-9H,1H3. The SMILES string of the molecule is Cc1cc(C(=O)c2ccccc2)ccn1. The van der Waals surface area contributed by atoms with Crippen molar-refractivity contribution in [1.29, 1.82) is 0 Å². The number of nitrogens with zero attached hydrogens (tertiary/aromatic N) is 1. The molecule has 2 heteroatoms. The Hall–Kier alpha value is -1.96. The zero-order chi connectivity index (χ0) is 10.7. The van der Waals surface area contributed by atoms with E-state index < -0.39 is 0 Å². The summed E-state index contributed by atoms with van der Waals surface area (Å²) in [4.78, 5) is 16.0. The zero-order valence-corrected chi connectivity index (χ0v) is 8.47. The molecule has 1 aromatic carbocycles. The van der Waals surface area contributed by atoms with E-state index in [1.165, 1.54) is 0 Å². The lowest BCUT2D eigenvalue weighted by atomic mass is 10.0. The lowest BCUT2D eigenvalue weighted by Gasteiger charge is -2.01. The van der Waals surface area contributed by atoms with Crippen LogP contribution in [0, 0.1) is 6.92 Å². The number of hydrogen-bond acceptors (Lipinski definition) is 2. The van der Waals surface area contributed by atoms with Gasteiger partial charge in [-0.3, -0.25) is 9.78 Å². The second-order valence-corrected chi connectivity index (χ2v) is 3.38. The van der Waals surface area contributed by atoms with Crippen molar-refractivity contribution >= 4 is 5.78 Å². The molecule has 0 spiro atoms. The molecule has 0 saturated carbocycles. The molecule has 0 aliphatic rings. The van der Waals surface area contributed by atoms with E-state index in [0.29, 0.717) is 11.1 Å². The van der Waals surface area contributed by atoms with Gasteiger partial charge in [-0.05, 0) is 19.1 Å². The van der Waals surface area contributed by atoms with Crippen molar-refractivity contribution in [2.45, 2.75) is 6.92 Å². The normalized spacial score (nSPS) is 9.93. The van der Waals surface area contributed by atoms with Crippen molar-refractivity contribution in [2.24, 2.45) is 0 Å². The van der Waals surface area contributed by atoms with Gasteiger partial charge in [-0.1, -0.05) is 30.3 Å². The number of aromatic nitrogens is 1. The number of carbonyl (C=O) groups is 1. The fraction of sp³-hybridized carbons (Fsp3) is 0.0769. The molecule has 0 unspecified atom stereocenters. The van der Waals surface area contributed by atoms with Crippen LogP contribution in [-0.4, -0.2) is 10.8 Å². The molecule has 1 aromatic heterocycles. The Kier molecular flexibility index (Phi) is 2.59. The smallest absolute Gasteiger partial charge is 0.193 e. The largest absolute Gasteiger partial charge is 0.289 e. The summed E-state index contributed by atoms with van der Waals surface area (Å²) in [5.41, 5.74) is 2.26. The molecule has 2 nitrogen and oxygen atoms in total. The Balaban J connectivity index is 2.37. The van der Waals surface area contributed by atoms with Crippen LogP contribution in [0.15, 0.2) is 48.7 Å². The number of benzene rings is 1. The molecule has 0 bridgehead atoms. The van der Waals surface area contributed by atoms with Crippen LogP contribution in [0.4, 0.5) is 0 Å². The highest BCUT2D eigenvalue weighted by atomic mass is 16.1. The number of pyridine rings is 1. The van der Waals surface area contributed by atoms with Gasteiger partial charge < -0.3 is 0 Å². The van der Waals surface area contributed by atoms with Gasteiger partial charge in [0.2, 0.25) is 0 Å². The molecule has 0 saturated heterocycles. The number of aryl methyl sites for hydroxylation is 1. The highest BCUT2D eigenvalue weighted by Gasteiger charge is 2.07. The minimum absolute atomic E-state index is 0.0427. The first kappa shape index (κ1) is 9.59. The van der Waals surface area contributed by atoms with Crippen molar-refractivity contribution in [3.8, 4) is 0 Å². The van der Waals surface area contributed by atoms with Gasteiger partial charge in [0, 0.05) is 23.0 Å². The monoisotopic (exact) mass is 197 g/mol. The van der Waals surface area contributed by atoms with Crippen molar-refractivity contribution < 1.29 is 4.79 Å². The van der Waals surface area contributed by atoms with Crippen molar-refractivity contribution in [2.75, 3.05) is 0 Å². The first-order valence-corrected chi connectivity index (χ1v) is 4.80. The van der Waals surface area contributed by atoms with Crippen LogP contribution in [0.3, 0.4) is 0 Å². The highest BCUT2D eigenvalue weighted by Crippen LogP contribution is 2.09. The summed E-state index contributed by atoms with van der Waals surface area (Å²) in [5.74, 6) is 0.0427. The van der Waals surface area contributed by atoms with E-state index >= 15 is 0 Å². The molecular formula is C13H11NO. The molecule has 0 aliphatic carbocycles. The van der Waals surface area contributed by atoms with Crippen LogP contribution in [0.1, 0.15) is 21.6 Å². The van der Waals surface area contributed by atoms with Crippen molar-refractivity contribution in [1.82, 2.24) is 4.98 Å². The lowest BCUT2D eigenvalue weighted by molar-refractivity contribution is 0.103. The van der Waals surface area contributed by atoms with Gasteiger partial charge in [-0.15, -0.1) is 0 Å². The molecule has 0 atom stereocenters. The molecule has 2 rings (SSSR count). The molecule has 0 fully saturated rings. The van der Waals surface area contributed by atoms with Crippen LogP contribution in [0.25, 0.3) is 0 Å². The third-order valence-electron chi connectivity index (χ3n) is 2.19. The van der Waals surface area contributed by atoms with Crippen LogP contribution in [0.2, 0.25) is 0 Å². The Labute approximate surface area is 88.6 Å². The Morgan fingerprint density at radius 1 is 1.07 bits per heavy atom.